The molecule has 1 heterocycles. The maximum atomic E-state index is 5.23. The molecule has 1 rings (SSSR count). The number of ether oxygens (including phenoxy) is 1. The average molecular weight is 156 g/mol. The molecule has 1 fully saturated rings. The highest BCUT2D eigenvalue weighted by Gasteiger charge is 2.37. The fourth-order valence-electron chi connectivity index (χ4n) is 1.83. The van der Waals surface area contributed by atoms with Crippen molar-refractivity contribution in [2.45, 2.75) is 40.5 Å². The number of rotatable bonds is 3. The Balaban J connectivity index is 2.40. The second-order valence-electron chi connectivity index (χ2n) is 5.00. The maximum Gasteiger partial charge on any atom is 0.0542 e. The summed E-state index contributed by atoms with van der Waals surface area (Å²) >= 11 is 0. The summed E-state index contributed by atoms with van der Waals surface area (Å²) in [7, 11) is 0. The number of hydrogen-bond acceptors (Lipinski definition) is 1. The summed E-state index contributed by atoms with van der Waals surface area (Å²) in [4.78, 5) is 0. The lowest BCUT2D eigenvalue weighted by Gasteiger charge is -2.43. The summed E-state index contributed by atoms with van der Waals surface area (Å²) in [5.41, 5.74) is 0.984. The second-order valence-corrected chi connectivity index (χ2v) is 5.00. The van der Waals surface area contributed by atoms with Crippen LogP contribution in [0, 0.1) is 10.8 Å². The topological polar surface area (TPSA) is 9.23 Å². The molecule has 1 aliphatic heterocycles. The summed E-state index contributed by atoms with van der Waals surface area (Å²) in [6.45, 7) is 11.2. The highest BCUT2D eigenvalue weighted by Crippen LogP contribution is 2.40. The fraction of sp³-hybridized carbons (Fsp3) is 1.00. The Hall–Kier alpha value is -0.0400. The van der Waals surface area contributed by atoms with Crippen molar-refractivity contribution in [1.29, 1.82) is 0 Å². The van der Waals surface area contributed by atoms with Crippen molar-refractivity contribution in [2.24, 2.45) is 10.8 Å². The first-order valence-electron chi connectivity index (χ1n) is 4.55. The Labute approximate surface area is 70.1 Å². The third kappa shape index (κ3) is 2.19. The van der Waals surface area contributed by atoms with Crippen LogP contribution in [0.3, 0.4) is 0 Å². The van der Waals surface area contributed by atoms with E-state index in [1.807, 2.05) is 0 Å². The predicted octanol–water partition coefficient (Wildman–Crippen LogP) is 2.85. The van der Waals surface area contributed by atoms with Gasteiger partial charge in [-0.1, -0.05) is 34.1 Å². The van der Waals surface area contributed by atoms with Gasteiger partial charge in [-0.15, -0.1) is 0 Å². The van der Waals surface area contributed by atoms with E-state index in [0.717, 1.165) is 13.2 Å². The zero-order valence-corrected chi connectivity index (χ0v) is 8.24. The van der Waals surface area contributed by atoms with E-state index in [-0.39, 0.29) is 0 Å². The first-order chi connectivity index (χ1) is 4.97. The summed E-state index contributed by atoms with van der Waals surface area (Å²) < 4.78 is 5.23. The van der Waals surface area contributed by atoms with Gasteiger partial charge in [0.1, 0.15) is 0 Å². The normalized spacial score (nSPS) is 22.9. The molecular weight excluding hydrogens is 136 g/mol. The molecule has 66 valence electrons. The van der Waals surface area contributed by atoms with Crippen LogP contribution < -0.4 is 0 Å². The molecule has 0 unspecified atom stereocenters. The molecule has 1 aliphatic rings. The van der Waals surface area contributed by atoms with Crippen molar-refractivity contribution in [3.8, 4) is 0 Å². The van der Waals surface area contributed by atoms with Crippen LogP contribution >= 0.6 is 0 Å². The molecule has 0 aromatic rings. The number of hydrogen-bond donors (Lipinski definition) is 0. The smallest absolute Gasteiger partial charge is 0.0542 e. The zero-order valence-electron chi connectivity index (χ0n) is 8.24. The van der Waals surface area contributed by atoms with Gasteiger partial charge in [-0.25, -0.2) is 0 Å². The molecule has 0 aromatic heterocycles. The summed E-state index contributed by atoms with van der Waals surface area (Å²) in [6, 6.07) is 0. The Morgan fingerprint density at radius 3 is 2.18 bits per heavy atom. The van der Waals surface area contributed by atoms with E-state index in [1.165, 1.54) is 12.8 Å². The first-order valence-corrected chi connectivity index (χ1v) is 4.55. The molecule has 0 bridgehead atoms. The Morgan fingerprint density at radius 1 is 1.36 bits per heavy atom. The van der Waals surface area contributed by atoms with E-state index in [0.29, 0.717) is 10.8 Å². The minimum Gasteiger partial charge on any atom is -0.380 e. The molecule has 11 heavy (non-hydrogen) atoms. The third-order valence-electron chi connectivity index (χ3n) is 2.76. The molecule has 1 nitrogen and oxygen atoms in total. The van der Waals surface area contributed by atoms with Crippen LogP contribution in [-0.4, -0.2) is 13.2 Å². The molecule has 0 atom stereocenters. The lowest BCUT2D eigenvalue weighted by molar-refractivity contribution is -0.121. The van der Waals surface area contributed by atoms with Gasteiger partial charge < -0.3 is 4.74 Å². The third-order valence-corrected chi connectivity index (χ3v) is 2.76. The summed E-state index contributed by atoms with van der Waals surface area (Å²) in [5, 5.41) is 0. The van der Waals surface area contributed by atoms with Crippen LogP contribution in [0.1, 0.15) is 40.5 Å². The molecule has 0 N–H and O–H groups in total. The van der Waals surface area contributed by atoms with E-state index >= 15 is 0 Å². The van der Waals surface area contributed by atoms with E-state index in [2.05, 4.69) is 27.7 Å². The van der Waals surface area contributed by atoms with E-state index < -0.39 is 0 Å². The van der Waals surface area contributed by atoms with Crippen LogP contribution in [-0.2, 0) is 4.74 Å². The lowest BCUT2D eigenvalue weighted by Crippen LogP contribution is -2.42. The molecule has 1 heteroatoms. The summed E-state index contributed by atoms with van der Waals surface area (Å²) in [6.07, 6.45) is 2.57. The van der Waals surface area contributed by atoms with Crippen LogP contribution in [0.5, 0.6) is 0 Å². The van der Waals surface area contributed by atoms with Crippen LogP contribution in [0.15, 0.2) is 0 Å². The molecule has 0 aromatic carbocycles. The van der Waals surface area contributed by atoms with Gasteiger partial charge in [-0.2, -0.15) is 0 Å². The van der Waals surface area contributed by atoms with Gasteiger partial charge >= 0.3 is 0 Å². The largest absolute Gasteiger partial charge is 0.380 e. The maximum absolute atomic E-state index is 5.23. The molecule has 0 amide bonds. The minimum absolute atomic E-state index is 0.486. The Morgan fingerprint density at radius 2 is 1.91 bits per heavy atom. The Bertz CT molecular complexity index is 124. The van der Waals surface area contributed by atoms with Crippen molar-refractivity contribution in [3.05, 3.63) is 0 Å². The highest BCUT2D eigenvalue weighted by molar-refractivity contribution is 4.86. The van der Waals surface area contributed by atoms with E-state index in [1.54, 1.807) is 0 Å². The van der Waals surface area contributed by atoms with Crippen LogP contribution in [0.2, 0.25) is 0 Å². The average Bonchev–Trinajstić information content (AvgIpc) is 1.84. The van der Waals surface area contributed by atoms with Crippen LogP contribution in [0.4, 0.5) is 0 Å². The Kier molecular flexibility index (Phi) is 2.29. The predicted molar refractivity (Wildman–Crippen MR) is 47.6 cm³/mol. The van der Waals surface area contributed by atoms with Gasteiger partial charge in [0.05, 0.1) is 13.2 Å². The fourth-order valence-corrected chi connectivity index (χ4v) is 1.83. The monoisotopic (exact) mass is 156 g/mol. The highest BCUT2D eigenvalue weighted by atomic mass is 16.5. The molecule has 0 aliphatic carbocycles. The van der Waals surface area contributed by atoms with Gasteiger partial charge in [0.2, 0.25) is 0 Å². The first kappa shape index (κ1) is 9.05. The molecule has 0 radical (unpaired) electrons. The zero-order chi connectivity index (χ0) is 8.54. The standard InChI is InChI=1S/C10H20O/c1-5-9(2,3)6-10(4)7-11-8-10/h5-8H2,1-4H3. The van der Waals surface area contributed by atoms with Gasteiger partial charge in [0.15, 0.2) is 0 Å². The van der Waals surface area contributed by atoms with Gasteiger partial charge in [-0.05, 0) is 11.8 Å². The van der Waals surface area contributed by atoms with Crippen molar-refractivity contribution in [1.82, 2.24) is 0 Å². The van der Waals surface area contributed by atoms with Crippen molar-refractivity contribution < 1.29 is 4.74 Å². The van der Waals surface area contributed by atoms with Gasteiger partial charge in [0.25, 0.3) is 0 Å². The summed E-state index contributed by atoms with van der Waals surface area (Å²) in [5.74, 6) is 0. The van der Waals surface area contributed by atoms with Crippen LogP contribution in [0.25, 0.3) is 0 Å². The molecule has 0 spiro atoms. The molecule has 0 saturated carbocycles. The lowest BCUT2D eigenvalue weighted by atomic mass is 9.72. The quantitative estimate of drug-likeness (QED) is 0.610. The van der Waals surface area contributed by atoms with Crippen molar-refractivity contribution >= 4 is 0 Å². The molecule has 1 saturated heterocycles. The van der Waals surface area contributed by atoms with Crippen molar-refractivity contribution in [3.63, 3.8) is 0 Å². The van der Waals surface area contributed by atoms with E-state index in [4.69, 9.17) is 4.74 Å². The van der Waals surface area contributed by atoms with E-state index in [9.17, 15) is 0 Å². The SMILES string of the molecule is CCC(C)(C)CC1(C)COC1. The van der Waals surface area contributed by atoms with Gasteiger partial charge in [0, 0.05) is 5.41 Å². The van der Waals surface area contributed by atoms with Gasteiger partial charge in [-0.3, -0.25) is 0 Å². The van der Waals surface area contributed by atoms with Crippen molar-refractivity contribution in [2.75, 3.05) is 13.2 Å². The molecular formula is C10H20O. The second kappa shape index (κ2) is 2.78. The minimum atomic E-state index is 0.486.